The SMILES string of the molecule is O=C(NCC1CCCC(O)C1)c1c(F)cc(OC(F)F)cc1F. The van der Waals surface area contributed by atoms with Gasteiger partial charge >= 0.3 is 6.61 Å². The smallest absolute Gasteiger partial charge is 0.387 e. The first-order valence-electron chi connectivity index (χ1n) is 7.27. The minimum absolute atomic E-state index is 0.0373. The Balaban J connectivity index is 2.01. The minimum Gasteiger partial charge on any atom is -0.435 e. The summed E-state index contributed by atoms with van der Waals surface area (Å²) in [6.07, 6.45) is 2.43. The molecule has 1 fully saturated rings. The molecule has 1 saturated carbocycles. The number of ether oxygens (including phenoxy) is 1. The second kappa shape index (κ2) is 7.63. The maximum absolute atomic E-state index is 13.8. The number of benzene rings is 1. The molecule has 2 unspecified atom stereocenters. The van der Waals surface area contributed by atoms with Gasteiger partial charge in [0, 0.05) is 18.7 Å². The fourth-order valence-electron chi connectivity index (χ4n) is 2.71. The van der Waals surface area contributed by atoms with E-state index in [9.17, 15) is 27.5 Å². The molecule has 1 aliphatic rings. The quantitative estimate of drug-likeness (QED) is 0.814. The van der Waals surface area contributed by atoms with E-state index in [1.54, 1.807) is 0 Å². The maximum atomic E-state index is 13.8. The van der Waals surface area contributed by atoms with Crippen LogP contribution < -0.4 is 10.1 Å². The van der Waals surface area contributed by atoms with Crippen molar-refractivity contribution in [2.24, 2.45) is 5.92 Å². The summed E-state index contributed by atoms with van der Waals surface area (Å²) >= 11 is 0. The number of hydrogen-bond acceptors (Lipinski definition) is 3. The Morgan fingerprint density at radius 3 is 2.52 bits per heavy atom. The monoisotopic (exact) mass is 335 g/mol. The lowest BCUT2D eigenvalue weighted by Gasteiger charge is -2.25. The maximum Gasteiger partial charge on any atom is 0.387 e. The van der Waals surface area contributed by atoms with Crippen molar-refractivity contribution in [3.8, 4) is 5.75 Å². The predicted octanol–water partition coefficient (Wildman–Crippen LogP) is 2.85. The van der Waals surface area contributed by atoms with Crippen LogP contribution in [0.2, 0.25) is 0 Å². The third-order valence-corrected chi connectivity index (χ3v) is 3.77. The van der Waals surface area contributed by atoms with Crippen LogP contribution in [0.3, 0.4) is 0 Å². The molecule has 2 atom stereocenters. The van der Waals surface area contributed by atoms with Crippen LogP contribution in [0.15, 0.2) is 12.1 Å². The summed E-state index contributed by atoms with van der Waals surface area (Å²) in [5, 5.41) is 12.0. The Morgan fingerprint density at radius 2 is 1.96 bits per heavy atom. The molecule has 1 aromatic carbocycles. The number of amides is 1. The lowest BCUT2D eigenvalue weighted by atomic mass is 9.87. The summed E-state index contributed by atoms with van der Waals surface area (Å²) in [7, 11) is 0. The molecule has 4 nitrogen and oxygen atoms in total. The van der Waals surface area contributed by atoms with E-state index in [2.05, 4.69) is 10.1 Å². The Bertz CT molecular complexity index is 545. The molecule has 0 heterocycles. The Hall–Kier alpha value is -1.83. The first kappa shape index (κ1) is 17.5. The van der Waals surface area contributed by atoms with Crippen LogP contribution >= 0.6 is 0 Å². The largest absolute Gasteiger partial charge is 0.435 e. The van der Waals surface area contributed by atoms with Gasteiger partial charge in [0.25, 0.3) is 5.91 Å². The van der Waals surface area contributed by atoms with Gasteiger partial charge in [0.15, 0.2) is 0 Å². The summed E-state index contributed by atoms with van der Waals surface area (Å²) in [6, 6.07) is 1.07. The summed E-state index contributed by atoms with van der Waals surface area (Å²) in [4.78, 5) is 11.9. The van der Waals surface area contributed by atoms with Gasteiger partial charge in [-0.1, -0.05) is 6.42 Å². The number of hydrogen-bond donors (Lipinski definition) is 2. The molecule has 0 radical (unpaired) electrons. The third kappa shape index (κ3) is 4.82. The minimum atomic E-state index is -3.22. The second-order valence-electron chi connectivity index (χ2n) is 5.54. The van der Waals surface area contributed by atoms with Gasteiger partial charge in [-0.05, 0) is 25.2 Å². The van der Waals surface area contributed by atoms with E-state index in [1.165, 1.54) is 0 Å². The molecule has 0 bridgehead atoms. The van der Waals surface area contributed by atoms with Crippen LogP contribution in [0.25, 0.3) is 0 Å². The van der Waals surface area contributed by atoms with Crippen molar-refractivity contribution in [2.45, 2.75) is 38.4 Å². The highest BCUT2D eigenvalue weighted by atomic mass is 19.3. The second-order valence-corrected chi connectivity index (χ2v) is 5.54. The average Bonchev–Trinajstić information content (AvgIpc) is 2.43. The first-order chi connectivity index (χ1) is 10.9. The molecular formula is C15H17F4NO3. The van der Waals surface area contributed by atoms with Crippen molar-refractivity contribution >= 4 is 5.91 Å². The number of rotatable bonds is 5. The molecule has 1 aromatic rings. The highest BCUT2D eigenvalue weighted by Crippen LogP contribution is 2.25. The standard InChI is InChI=1S/C15H17F4NO3/c16-11-5-10(23-15(18)19)6-12(17)13(11)14(22)20-7-8-2-1-3-9(21)4-8/h5-6,8-9,15,21H,1-4,7H2,(H,20,22). The molecule has 0 spiro atoms. The van der Waals surface area contributed by atoms with Crippen molar-refractivity contribution < 1.29 is 32.2 Å². The summed E-state index contributed by atoms with van der Waals surface area (Å²) in [6.45, 7) is -3.03. The van der Waals surface area contributed by atoms with Crippen molar-refractivity contribution in [3.05, 3.63) is 29.3 Å². The lowest BCUT2D eigenvalue weighted by molar-refractivity contribution is -0.0501. The molecule has 128 valence electrons. The summed E-state index contributed by atoms with van der Waals surface area (Å²) in [5.74, 6) is -4.18. The number of alkyl halides is 2. The zero-order valence-electron chi connectivity index (χ0n) is 12.2. The van der Waals surface area contributed by atoms with Crippen molar-refractivity contribution in [1.82, 2.24) is 5.32 Å². The van der Waals surface area contributed by atoms with Gasteiger partial charge in [-0.25, -0.2) is 8.78 Å². The highest BCUT2D eigenvalue weighted by molar-refractivity contribution is 5.94. The molecular weight excluding hydrogens is 318 g/mol. The third-order valence-electron chi connectivity index (χ3n) is 3.77. The molecule has 2 N–H and O–H groups in total. The van der Waals surface area contributed by atoms with E-state index in [4.69, 9.17) is 0 Å². The van der Waals surface area contributed by atoms with Crippen LogP contribution in [-0.4, -0.2) is 30.3 Å². The van der Waals surface area contributed by atoms with E-state index >= 15 is 0 Å². The van der Waals surface area contributed by atoms with Crippen LogP contribution in [0.5, 0.6) is 5.75 Å². The van der Waals surface area contributed by atoms with E-state index in [-0.39, 0.29) is 12.5 Å². The molecule has 0 aliphatic heterocycles. The fourth-order valence-corrected chi connectivity index (χ4v) is 2.71. The van der Waals surface area contributed by atoms with Crippen molar-refractivity contribution in [2.75, 3.05) is 6.54 Å². The molecule has 23 heavy (non-hydrogen) atoms. The Kier molecular flexibility index (Phi) is 5.81. The van der Waals surface area contributed by atoms with Gasteiger partial charge in [-0.15, -0.1) is 0 Å². The van der Waals surface area contributed by atoms with E-state index in [0.717, 1.165) is 12.8 Å². The highest BCUT2D eigenvalue weighted by Gasteiger charge is 2.23. The van der Waals surface area contributed by atoms with Crippen LogP contribution in [0, 0.1) is 17.6 Å². The number of carbonyl (C=O) groups excluding carboxylic acids is 1. The van der Waals surface area contributed by atoms with Gasteiger partial charge in [-0.3, -0.25) is 4.79 Å². The van der Waals surface area contributed by atoms with E-state index in [0.29, 0.717) is 25.0 Å². The summed E-state index contributed by atoms with van der Waals surface area (Å²) in [5.41, 5.74) is -0.844. The molecule has 2 rings (SSSR count). The van der Waals surface area contributed by atoms with E-state index in [1.807, 2.05) is 0 Å². The van der Waals surface area contributed by atoms with Gasteiger partial charge < -0.3 is 15.2 Å². The van der Waals surface area contributed by atoms with Crippen molar-refractivity contribution in [1.29, 1.82) is 0 Å². The number of aliphatic hydroxyl groups is 1. The predicted molar refractivity (Wildman–Crippen MR) is 73.3 cm³/mol. The Morgan fingerprint density at radius 1 is 1.30 bits per heavy atom. The topological polar surface area (TPSA) is 58.6 Å². The molecule has 1 amide bonds. The van der Waals surface area contributed by atoms with Crippen LogP contribution in [-0.2, 0) is 0 Å². The van der Waals surface area contributed by atoms with Gasteiger partial charge in [0.2, 0.25) is 0 Å². The Labute approximate surface area is 130 Å². The fraction of sp³-hybridized carbons (Fsp3) is 0.533. The van der Waals surface area contributed by atoms with Crippen LogP contribution in [0.4, 0.5) is 17.6 Å². The number of nitrogens with one attached hydrogen (secondary N) is 1. The molecule has 0 saturated heterocycles. The van der Waals surface area contributed by atoms with Gasteiger partial charge in [0.1, 0.15) is 22.9 Å². The zero-order chi connectivity index (χ0) is 17.0. The molecule has 8 heteroatoms. The van der Waals surface area contributed by atoms with Crippen molar-refractivity contribution in [3.63, 3.8) is 0 Å². The van der Waals surface area contributed by atoms with Gasteiger partial charge in [-0.2, -0.15) is 8.78 Å². The first-order valence-corrected chi connectivity index (χ1v) is 7.27. The number of aliphatic hydroxyl groups excluding tert-OH is 1. The van der Waals surface area contributed by atoms with E-state index < -0.39 is 41.6 Å². The van der Waals surface area contributed by atoms with Gasteiger partial charge in [0.05, 0.1) is 6.10 Å². The number of carbonyl (C=O) groups is 1. The zero-order valence-corrected chi connectivity index (χ0v) is 12.2. The summed E-state index contributed by atoms with van der Waals surface area (Å²) < 4.78 is 55.5. The number of halogens is 4. The molecule has 0 aromatic heterocycles. The average molecular weight is 335 g/mol. The lowest BCUT2D eigenvalue weighted by Crippen LogP contribution is -2.33. The normalized spacial score (nSPS) is 21.3. The van der Waals surface area contributed by atoms with Crippen LogP contribution in [0.1, 0.15) is 36.0 Å². The molecule has 1 aliphatic carbocycles.